The minimum atomic E-state index is -0.447. The predicted molar refractivity (Wildman–Crippen MR) is 133 cm³/mol. The molecule has 0 aliphatic rings. The Morgan fingerprint density at radius 1 is 1.09 bits per heavy atom. The maximum atomic E-state index is 12.7. The number of carbonyl (C=O) groups is 1. The van der Waals surface area contributed by atoms with Gasteiger partial charge in [0.2, 0.25) is 0 Å². The highest BCUT2D eigenvalue weighted by molar-refractivity contribution is 7.98. The van der Waals surface area contributed by atoms with E-state index in [1.165, 1.54) is 23.9 Å². The number of nitrogens with zero attached hydrogens (tertiary/aromatic N) is 4. The number of nitro groups is 1. The molecular weight excluding hydrogens is 466 g/mol. The molecule has 0 saturated carbocycles. The van der Waals surface area contributed by atoms with E-state index < -0.39 is 4.92 Å². The number of rotatable bonds is 9. The van der Waals surface area contributed by atoms with Gasteiger partial charge < -0.3 is 10.1 Å². The van der Waals surface area contributed by atoms with Crippen LogP contribution in [-0.2, 0) is 12.3 Å². The number of aryl methyl sites for hydroxylation is 1. The molecule has 0 aliphatic carbocycles. The molecule has 1 N–H and O–H groups in total. The summed E-state index contributed by atoms with van der Waals surface area (Å²) >= 11 is 1.47. The fraction of sp³-hybridized carbons (Fsp3) is 0.160. The van der Waals surface area contributed by atoms with Gasteiger partial charge in [0.25, 0.3) is 11.6 Å². The maximum Gasteiger partial charge on any atom is 0.269 e. The van der Waals surface area contributed by atoms with Crippen LogP contribution >= 0.6 is 11.8 Å². The molecule has 0 saturated heterocycles. The average molecular weight is 490 g/mol. The second-order valence-electron chi connectivity index (χ2n) is 7.65. The van der Waals surface area contributed by atoms with E-state index in [-0.39, 0.29) is 18.1 Å². The number of methoxy groups -OCH3 is 1. The molecule has 0 atom stereocenters. The zero-order valence-corrected chi connectivity index (χ0v) is 20.0. The molecule has 35 heavy (non-hydrogen) atoms. The number of ether oxygens (including phenoxy) is 1. The third-order valence-electron chi connectivity index (χ3n) is 5.32. The molecule has 4 rings (SSSR count). The van der Waals surface area contributed by atoms with Gasteiger partial charge in [-0.3, -0.25) is 19.5 Å². The first kappa shape index (κ1) is 24.0. The molecule has 0 aliphatic heterocycles. The number of hydrogen-bond acceptors (Lipinski definition) is 7. The van der Waals surface area contributed by atoms with Crippen LogP contribution in [0.1, 0.15) is 27.3 Å². The van der Waals surface area contributed by atoms with Crippen molar-refractivity contribution in [1.82, 2.24) is 20.1 Å². The van der Waals surface area contributed by atoms with E-state index >= 15 is 0 Å². The van der Waals surface area contributed by atoms with Crippen molar-refractivity contribution in [1.29, 1.82) is 0 Å². The average Bonchev–Trinajstić information content (AvgIpc) is 3.29. The molecule has 0 unspecified atom stereocenters. The third-order valence-corrected chi connectivity index (χ3v) is 6.32. The van der Waals surface area contributed by atoms with Crippen molar-refractivity contribution in [2.24, 2.45) is 0 Å². The molecule has 4 aromatic rings. The number of aromatic nitrogens is 3. The summed E-state index contributed by atoms with van der Waals surface area (Å²) < 4.78 is 7.09. The largest absolute Gasteiger partial charge is 0.497 e. The van der Waals surface area contributed by atoms with E-state index in [2.05, 4.69) is 15.5 Å². The first-order valence-corrected chi connectivity index (χ1v) is 11.7. The lowest BCUT2D eigenvalue weighted by molar-refractivity contribution is -0.384. The van der Waals surface area contributed by atoms with Gasteiger partial charge in [0.05, 0.1) is 18.6 Å². The highest BCUT2D eigenvalue weighted by Crippen LogP contribution is 2.27. The molecule has 0 bridgehead atoms. The van der Waals surface area contributed by atoms with Crippen molar-refractivity contribution in [3.8, 4) is 11.4 Å². The van der Waals surface area contributed by atoms with Crippen LogP contribution in [0.4, 0.5) is 5.69 Å². The Balaban J connectivity index is 1.60. The van der Waals surface area contributed by atoms with E-state index in [9.17, 15) is 14.9 Å². The van der Waals surface area contributed by atoms with Crippen LogP contribution in [0.2, 0.25) is 0 Å². The molecular formula is C25H23N5O4S. The van der Waals surface area contributed by atoms with Crippen molar-refractivity contribution < 1.29 is 14.5 Å². The summed E-state index contributed by atoms with van der Waals surface area (Å²) in [6, 6.07) is 21.2. The van der Waals surface area contributed by atoms with Gasteiger partial charge in [-0.1, -0.05) is 42.1 Å². The molecule has 1 heterocycles. The quantitative estimate of drug-likeness (QED) is 0.206. The molecule has 0 radical (unpaired) electrons. The Bertz CT molecular complexity index is 1350. The molecule has 1 aromatic heterocycles. The van der Waals surface area contributed by atoms with Gasteiger partial charge in [-0.25, -0.2) is 0 Å². The third kappa shape index (κ3) is 5.67. The molecule has 178 valence electrons. The van der Waals surface area contributed by atoms with Crippen LogP contribution in [-0.4, -0.2) is 32.7 Å². The highest BCUT2D eigenvalue weighted by atomic mass is 32.2. The van der Waals surface area contributed by atoms with Gasteiger partial charge in [-0.05, 0) is 48.4 Å². The zero-order valence-electron chi connectivity index (χ0n) is 19.2. The van der Waals surface area contributed by atoms with Gasteiger partial charge in [-0.2, -0.15) is 0 Å². The standard InChI is InChI=1S/C25H23N5O4S/c1-17-6-3-4-9-22(17)24(31)26-15-23-27-28-25(35-16-18-7-5-8-21(14-18)34-2)29(23)19-10-12-20(13-11-19)30(32)33/h3-14H,15-16H2,1-2H3,(H,26,31). The summed E-state index contributed by atoms with van der Waals surface area (Å²) in [4.78, 5) is 23.4. The van der Waals surface area contributed by atoms with Crippen LogP contribution in [0.25, 0.3) is 5.69 Å². The first-order chi connectivity index (χ1) is 17.0. The summed E-state index contributed by atoms with van der Waals surface area (Å²) in [6.45, 7) is 2.01. The van der Waals surface area contributed by atoms with Gasteiger partial charge in [-0.15, -0.1) is 10.2 Å². The van der Waals surface area contributed by atoms with E-state index in [0.717, 1.165) is 16.9 Å². The predicted octanol–water partition coefficient (Wildman–Crippen LogP) is 4.71. The Labute approximate surface area is 206 Å². The second kappa shape index (κ2) is 10.8. The minimum Gasteiger partial charge on any atom is -0.497 e. The topological polar surface area (TPSA) is 112 Å². The SMILES string of the molecule is COc1cccc(CSc2nnc(CNC(=O)c3ccccc3C)n2-c2ccc([N+](=O)[O-])cc2)c1. The zero-order chi connectivity index (χ0) is 24.8. The van der Waals surface area contributed by atoms with Crippen molar-refractivity contribution in [2.75, 3.05) is 7.11 Å². The number of benzene rings is 3. The van der Waals surface area contributed by atoms with Gasteiger partial charge in [0, 0.05) is 29.1 Å². The monoisotopic (exact) mass is 489 g/mol. The normalized spacial score (nSPS) is 10.7. The van der Waals surface area contributed by atoms with Crippen LogP contribution in [0.3, 0.4) is 0 Å². The number of nitrogens with one attached hydrogen (secondary N) is 1. The Kier molecular flexibility index (Phi) is 7.41. The fourth-order valence-electron chi connectivity index (χ4n) is 3.48. The minimum absolute atomic E-state index is 0.0122. The molecule has 0 fully saturated rings. The lowest BCUT2D eigenvalue weighted by Gasteiger charge is -2.12. The Morgan fingerprint density at radius 3 is 2.57 bits per heavy atom. The fourth-order valence-corrected chi connectivity index (χ4v) is 4.40. The summed E-state index contributed by atoms with van der Waals surface area (Å²) in [5.41, 5.74) is 3.15. The smallest absolute Gasteiger partial charge is 0.269 e. The Hall–Kier alpha value is -4.18. The molecule has 1 amide bonds. The molecule has 0 spiro atoms. The Morgan fingerprint density at radius 2 is 1.86 bits per heavy atom. The van der Waals surface area contributed by atoms with Gasteiger partial charge >= 0.3 is 0 Å². The van der Waals surface area contributed by atoms with E-state index in [0.29, 0.717) is 28.0 Å². The van der Waals surface area contributed by atoms with E-state index in [1.54, 1.807) is 29.9 Å². The van der Waals surface area contributed by atoms with Crippen molar-refractivity contribution in [3.05, 3.63) is 105 Å². The lowest BCUT2D eigenvalue weighted by Crippen LogP contribution is -2.25. The van der Waals surface area contributed by atoms with Crippen molar-refractivity contribution >= 4 is 23.4 Å². The van der Waals surface area contributed by atoms with E-state index in [1.807, 2.05) is 49.4 Å². The van der Waals surface area contributed by atoms with Crippen molar-refractivity contribution in [3.63, 3.8) is 0 Å². The van der Waals surface area contributed by atoms with Crippen LogP contribution in [0.15, 0.2) is 78.0 Å². The molecule has 9 nitrogen and oxygen atoms in total. The van der Waals surface area contributed by atoms with Crippen LogP contribution in [0.5, 0.6) is 5.75 Å². The first-order valence-electron chi connectivity index (χ1n) is 10.7. The second-order valence-corrected chi connectivity index (χ2v) is 8.59. The number of nitro benzene ring substituents is 1. The number of carbonyl (C=O) groups excluding carboxylic acids is 1. The number of hydrogen-bond donors (Lipinski definition) is 1. The lowest BCUT2D eigenvalue weighted by atomic mass is 10.1. The van der Waals surface area contributed by atoms with Gasteiger partial charge in [0.1, 0.15) is 5.75 Å². The summed E-state index contributed by atoms with van der Waals surface area (Å²) in [6.07, 6.45) is 0. The van der Waals surface area contributed by atoms with Crippen molar-refractivity contribution in [2.45, 2.75) is 24.4 Å². The van der Waals surface area contributed by atoms with Gasteiger partial charge in [0.15, 0.2) is 11.0 Å². The maximum absolute atomic E-state index is 12.7. The van der Waals surface area contributed by atoms with Crippen LogP contribution < -0.4 is 10.1 Å². The molecule has 3 aromatic carbocycles. The summed E-state index contributed by atoms with van der Waals surface area (Å²) in [5, 5.41) is 23.2. The summed E-state index contributed by atoms with van der Waals surface area (Å²) in [5.74, 6) is 1.66. The number of amides is 1. The molecule has 10 heteroatoms. The highest BCUT2D eigenvalue weighted by Gasteiger charge is 2.17. The number of thioether (sulfide) groups is 1. The van der Waals surface area contributed by atoms with Crippen LogP contribution in [0, 0.1) is 17.0 Å². The summed E-state index contributed by atoms with van der Waals surface area (Å²) in [7, 11) is 1.62. The van der Waals surface area contributed by atoms with E-state index in [4.69, 9.17) is 4.74 Å². The number of non-ortho nitro benzene ring substituents is 1.